The van der Waals surface area contributed by atoms with Crippen molar-refractivity contribution < 1.29 is 29.0 Å². The second-order valence-electron chi connectivity index (χ2n) is 14.5. The number of amides is 3. The molecule has 2 aromatic carbocycles. The lowest BCUT2D eigenvalue weighted by molar-refractivity contribution is -0.150. The highest BCUT2D eigenvalue weighted by Crippen LogP contribution is 2.66. The number of likely N-dealkylation sites (tertiary alicyclic amines) is 1. The maximum Gasteiger partial charge on any atom is 0.253 e. The summed E-state index contributed by atoms with van der Waals surface area (Å²) in [5.74, 6) is -2.37. The van der Waals surface area contributed by atoms with Crippen LogP contribution in [0.3, 0.4) is 0 Å². The number of aliphatic hydroxyl groups is 1. The van der Waals surface area contributed by atoms with Gasteiger partial charge in [0.15, 0.2) is 0 Å². The summed E-state index contributed by atoms with van der Waals surface area (Å²) in [6, 6.07) is 13.4. The van der Waals surface area contributed by atoms with E-state index in [0.717, 1.165) is 18.8 Å². The maximum atomic E-state index is 15.2. The molecule has 10 nitrogen and oxygen atoms in total. The van der Waals surface area contributed by atoms with E-state index < -0.39 is 35.1 Å². The average Bonchev–Trinajstić information content (AvgIpc) is 3.63. The summed E-state index contributed by atoms with van der Waals surface area (Å²) in [6.45, 7) is 24.1. The first-order chi connectivity index (χ1) is 24.4. The first-order valence-electron chi connectivity index (χ1n) is 18.4. The van der Waals surface area contributed by atoms with E-state index in [4.69, 9.17) is 9.47 Å². The molecular formula is C41H56N4O6. The van der Waals surface area contributed by atoms with Gasteiger partial charge in [-0.05, 0) is 94.5 Å². The number of hydrogen-bond donors (Lipinski definition) is 1. The number of anilines is 3. The van der Waals surface area contributed by atoms with Crippen LogP contribution >= 0.6 is 0 Å². The number of benzene rings is 2. The van der Waals surface area contributed by atoms with Crippen molar-refractivity contribution >= 4 is 34.8 Å². The van der Waals surface area contributed by atoms with Gasteiger partial charge >= 0.3 is 0 Å². The highest BCUT2D eigenvalue weighted by Gasteiger charge is 2.80. The summed E-state index contributed by atoms with van der Waals surface area (Å²) in [7, 11) is 0. The van der Waals surface area contributed by atoms with Crippen molar-refractivity contribution in [3.8, 4) is 5.75 Å². The van der Waals surface area contributed by atoms with E-state index in [-0.39, 0.29) is 49.3 Å². The topological polar surface area (TPSA) is 103 Å². The summed E-state index contributed by atoms with van der Waals surface area (Å²) in [5.41, 5.74) is 0.0501. The molecule has 3 aliphatic heterocycles. The van der Waals surface area contributed by atoms with E-state index in [9.17, 15) is 9.90 Å². The Morgan fingerprint density at radius 2 is 1.49 bits per heavy atom. The molecule has 0 radical (unpaired) electrons. The van der Waals surface area contributed by atoms with E-state index in [0.29, 0.717) is 30.2 Å². The van der Waals surface area contributed by atoms with Crippen LogP contribution in [0.2, 0.25) is 0 Å². The Bertz CT molecular complexity index is 1590. The molecule has 7 atom stereocenters. The highest BCUT2D eigenvalue weighted by atomic mass is 16.5. The third kappa shape index (κ3) is 6.35. The van der Waals surface area contributed by atoms with Crippen LogP contribution in [0.4, 0.5) is 17.1 Å². The largest absolute Gasteiger partial charge is 0.494 e. The van der Waals surface area contributed by atoms with Crippen LogP contribution in [0.1, 0.15) is 54.9 Å². The summed E-state index contributed by atoms with van der Waals surface area (Å²) < 4.78 is 12.7. The van der Waals surface area contributed by atoms with E-state index in [1.54, 1.807) is 26.9 Å². The number of rotatable bonds is 16. The Balaban J connectivity index is 1.62. The molecular weight excluding hydrogens is 644 g/mol. The van der Waals surface area contributed by atoms with Crippen molar-refractivity contribution in [1.29, 1.82) is 0 Å². The number of carbonyl (C=O) groups excluding carboxylic acids is 3. The smallest absolute Gasteiger partial charge is 0.253 e. The van der Waals surface area contributed by atoms with E-state index in [2.05, 4.69) is 31.9 Å². The lowest BCUT2D eigenvalue weighted by Crippen LogP contribution is -2.60. The highest BCUT2D eigenvalue weighted by molar-refractivity contribution is 6.07. The van der Waals surface area contributed by atoms with Crippen LogP contribution in [0.15, 0.2) is 73.8 Å². The summed E-state index contributed by atoms with van der Waals surface area (Å²) >= 11 is 0. The Labute approximate surface area is 303 Å². The van der Waals surface area contributed by atoms with Gasteiger partial charge in [-0.25, -0.2) is 0 Å². The van der Waals surface area contributed by atoms with Crippen molar-refractivity contribution in [2.45, 2.75) is 78.2 Å². The SMILES string of the molecule is C=CCN(C(=O)C1N([C@@H](CO)C(C)C)C(=O)[C@@H]2[C@@H](C(=O)N(CC=C)c3ccc(OCC)cc3)[C@]3(C)OC12CC3C)c1ccc(N(CC)CC)cc1. The van der Waals surface area contributed by atoms with Gasteiger partial charge in [-0.2, -0.15) is 0 Å². The molecule has 3 saturated heterocycles. The Morgan fingerprint density at radius 1 is 0.961 bits per heavy atom. The van der Waals surface area contributed by atoms with E-state index in [1.807, 2.05) is 83.1 Å². The van der Waals surface area contributed by atoms with Gasteiger partial charge in [0, 0.05) is 43.2 Å². The summed E-state index contributed by atoms with van der Waals surface area (Å²) in [5, 5.41) is 10.8. The molecule has 0 aromatic heterocycles. The van der Waals surface area contributed by atoms with Crippen molar-refractivity contribution in [3.05, 3.63) is 73.8 Å². The zero-order valence-electron chi connectivity index (χ0n) is 31.4. The van der Waals surface area contributed by atoms with Crippen LogP contribution < -0.4 is 19.4 Å². The van der Waals surface area contributed by atoms with Gasteiger partial charge in [0.1, 0.15) is 17.4 Å². The fourth-order valence-corrected chi connectivity index (χ4v) is 8.85. The molecule has 5 rings (SSSR count). The van der Waals surface area contributed by atoms with Crippen molar-refractivity contribution in [2.75, 3.05) is 54.1 Å². The molecule has 3 aliphatic rings. The first-order valence-corrected chi connectivity index (χ1v) is 18.4. The van der Waals surface area contributed by atoms with Gasteiger partial charge in [-0.3, -0.25) is 14.4 Å². The third-order valence-electron chi connectivity index (χ3n) is 11.5. The zero-order valence-corrected chi connectivity index (χ0v) is 31.4. The number of nitrogens with zero attached hydrogens (tertiary/aromatic N) is 4. The first kappa shape index (κ1) is 38.1. The monoisotopic (exact) mass is 700 g/mol. The number of carbonyl (C=O) groups is 3. The number of aliphatic hydroxyl groups excluding tert-OH is 1. The standard InChI is InChI=1S/C41H56N4O6/c1-10-23-43(31-19-21-32(22-20-31)50-14-5)37(47)34-35-38(48)45(33(26-46)27(6)7)36(41(35)25-28(8)40(34,9)51-41)39(49)44(24-11-2)30-17-15-29(16-18-30)42(12-3)13-4/h10-11,15-22,27-28,33-36,46H,1-2,12-14,23-26H2,3-9H3/t28?,33-,34-,35-,36?,40+,41?/m0/s1. The average molecular weight is 701 g/mol. The van der Waals surface area contributed by atoms with Gasteiger partial charge in [0.25, 0.3) is 5.91 Å². The van der Waals surface area contributed by atoms with Crippen LogP contribution in [-0.2, 0) is 19.1 Å². The fraction of sp³-hybridized carbons (Fsp3) is 0.537. The van der Waals surface area contributed by atoms with Crippen molar-refractivity contribution in [1.82, 2.24) is 4.90 Å². The molecule has 0 aliphatic carbocycles. The molecule has 1 N–H and O–H groups in total. The van der Waals surface area contributed by atoms with Crippen LogP contribution in [0.5, 0.6) is 5.75 Å². The molecule has 1 spiro atoms. The minimum Gasteiger partial charge on any atom is -0.494 e. The van der Waals surface area contributed by atoms with Gasteiger partial charge < -0.3 is 34.2 Å². The second-order valence-corrected chi connectivity index (χ2v) is 14.5. The second kappa shape index (κ2) is 15.2. The Kier molecular flexibility index (Phi) is 11.4. The molecule has 276 valence electrons. The number of fused-ring (bicyclic) bond motifs is 1. The lowest BCUT2D eigenvalue weighted by Gasteiger charge is -2.40. The van der Waals surface area contributed by atoms with Crippen LogP contribution in [0, 0.1) is 23.7 Å². The van der Waals surface area contributed by atoms with E-state index in [1.165, 1.54) is 0 Å². The minimum absolute atomic E-state index is 0.149. The van der Waals surface area contributed by atoms with Crippen LogP contribution in [0.25, 0.3) is 0 Å². The van der Waals surface area contributed by atoms with Gasteiger partial charge in [-0.15, -0.1) is 13.2 Å². The van der Waals surface area contributed by atoms with Crippen molar-refractivity contribution in [3.63, 3.8) is 0 Å². The quantitative estimate of drug-likeness (QED) is 0.224. The summed E-state index contributed by atoms with van der Waals surface area (Å²) in [6.07, 6.45) is 3.75. The predicted molar refractivity (Wildman–Crippen MR) is 202 cm³/mol. The molecule has 0 saturated carbocycles. The lowest BCUT2D eigenvalue weighted by atomic mass is 9.62. The molecule has 3 fully saturated rings. The number of ether oxygens (including phenoxy) is 2. The normalized spacial score (nSPS) is 26.9. The van der Waals surface area contributed by atoms with Gasteiger partial charge in [0.2, 0.25) is 11.8 Å². The molecule has 3 amide bonds. The molecule has 2 aromatic rings. The third-order valence-corrected chi connectivity index (χ3v) is 11.5. The zero-order chi connectivity index (χ0) is 37.2. The van der Waals surface area contributed by atoms with Crippen LogP contribution in [-0.4, -0.2) is 90.4 Å². The number of hydrogen-bond acceptors (Lipinski definition) is 7. The predicted octanol–water partition coefficient (Wildman–Crippen LogP) is 5.70. The molecule has 3 heterocycles. The van der Waals surface area contributed by atoms with Gasteiger partial charge in [0.05, 0.1) is 36.7 Å². The van der Waals surface area contributed by atoms with Crippen molar-refractivity contribution in [2.24, 2.45) is 23.7 Å². The Morgan fingerprint density at radius 3 is 1.98 bits per heavy atom. The fourth-order valence-electron chi connectivity index (χ4n) is 8.85. The minimum atomic E-state index is -1.29. The molecule has 10 heteroatoms. The maximum absolute atomic E-state index is 15.2. The Hall–Kier alpha value is -4.15. The van der Waals surface area contributed by atoms with Gasteiger partial charge in [-0.1, -0.05) is 32.9 Å². The van der Waals surface area contributed by atoms with E-state index >= 15 is 9.59 Å². The molecule has 2 bridgehead atoms. The molecule has 3 unspecified atom stereocenters. The molecule has 51 heavy (non-hydrogen) atoms. The summed E-state index contributed by atoms with van der Waals surface area (Å²) in [4.78, 5) is 52.3.